The van der Waals surface area contributed by atoms with Gasteiger partial charge >= 0.3 is 0 Å². The quantitative estimate of drug-likeness (QED) is 0.731. The van der Waals surface area contributed by atoms with Gasteiger partial charge in [0.2, 0.25) is 0 Å². The SMILES string of the molecule is CCNC(CCc1ccc(C)cc1)c1ccc(Cl)c(Cl)c1. The van der Waals surface area contributed by atoms with E-state index in [0.717, 1.165) is 19.4 Å². The van der Waals surface area contributed by atoms with Crippen molar-refractivity contribution >= 4 is 23.2 Å². The van der Waals surface area contributed by atoms with Crippen LogP contribution in [0, 0.1) is 6.92 Å². The third-order valence-electron chi connectivity index (χ3n) is 3.64. The molecule has 1 unspecified atom stereocenters. The maximum Gasteiger partial charge on any atom is 0.0595 e. The number of nitrogens with one attached hydrogen (secondary N) is 1. The first-order valence-electron chi connectivity index (χ1n) is 7.34. The zero-order valence-electron chi connectivity index (χ0n) is 12.5. The lowest BCUT2D eigenvalue weighted by Gasteiger charge is -2.19. The van der Waals surface area contributed by atoms with E-state index in [1.54, 1.807) is 0 Å². The van der Waals surface area contributed by atoms with Gasteiger partial charge in [0.05, 0.1) is 10.0 Å². The van der Waals surface area contributed by atoms with Gasteiger partial charge in [0.15, 0.2) is 0 Å². The average molecular weight is 322 g/mol. The van der Waals surface area contributed by atoms with Crippen molar-refractivity contribution in [3.63, 3.8) is 0 Å². The fourth-order valence-electron chi connectivity index (χ4n) is 2.43. The number of hydrogen-bond donors (Lipinski definition) is 1. The molecule has 21 heavy (non-hydrogen) atoms. The van der Waals surface area contributed by atoms with Crippen molar-refractivity contribution in [1.29, 1.82) is 0 Å². The van der Waals surface area contributed by atoms with Crippen LogP contribution in [0.1, 0.15) is 36.1 Å². The molecule has 0 radical (unpaired) electrons. The summed E-state index contributed by atoms with van der Waals surface area (Å²) in [5, 5.41) is 4.75. The molecule has 0 heterocycles. The predicted molar refractivity (Wildman–Crippen MR) is 92.4 cm³/mol. The highest BCUT2D eigenvalue weighted by molar-refractivity contribution is 6.42. The van der Waals surface area contributed by atoms with Gasteiger partial charge in [0.25, 0.3) is 0 Å². The van der Waals surface area contributed by atoms with Gasteiger partial charge in [-0.25, -0.2) is 0 Å². The molecule has 2 aromatic rings. The van der Waals surface area contributed by atoms with Gasteiger partial charge in [0, 0.05) is 6.04 Å². The normalized spacial score (nSPS) is 12.4. The topological polar surface area (TPSA) is 12.0 Å². The van der Waals surface area contributed by atoms with Gasteiger partial charge in [-0.2, -0.15) is 0 Å². The van der Waals surface area contributed by atoms with Gasteiger partial charge in [-0.1, -0.05) is 66.0 Å². The Morgan fingerprint density at radius 1 is 1.00 bits per heavy atom. The zero-order chi connectivity index (χ0) is 15.2. The predicted octanol–water partition coefficient (Wildman–Crippen LogP) is 5.59. The van der Waals surface area contributed by atoms with E-state index in [0.29, 0.717) is 16.1 Å². The Bertz CT molecular complexity index is 578. The van der Waals surface area contributed by atoms with E-state index >= 15 is 0 Å². The minimum atomic E-state index is 0.297. The molecule has 0 amide bonds. The number of rotatable bonds is 6. The third-order valence-corrected chi connectivity index (χ3v) is 4.38. The molecule has 2 aromatic carbocycles. The maximum atomic E-state index is 6.13. The fraction of sp³-hybridized carbons (Fsp3) is 0.333. The summed E-state index contributed by atoms with van der Waals surface area (Å²) in [5.41, 5.74) is 3.85. The van der Waals surface area contributed by atoms with E-state index in [1.807, 2.05) is 12.1 Å². The molecule has 0 fully saturated rings. The highest BCUT2D eigenvalue weighted by Gasteiger charge is 2.12. The summed E-state index contributed by atoms with van der Waals surface area (Å²) in [7, 11) is 0. The number of halogens is 2. The first-order valence-corrected chi connectivity index (χ1v) is 8.09. The summed E-state index contributed by atoms with van der Waals surface area (Å²) in [6.45, 7) is 5.16. The fourth-order valence-corrected chi connectivity index (χ4v) is 2.73. The molecule has 0 aromatic heterocycles. The van der Waals surface area contributed by atoms with Crippen LogP contribution in [0.3, 0.4) is 0 Å². The smallest absolute Gasteiger partial charge is 0.0595 e. The lowest BCUT2D eigenvalue weighted by atomic mass is 9.98. The molecule has 1 nitrogen and oxygen atoms in total. The zero-order valence-corrected chi connectivity index (χ0v) is 14.0. The van der Waals surface area contributed by atoms with E-state index in [9.17, 15) is 0 Å². The number of hydrogen-bond acceptors (Lipinski definition) is 1. The minimum Gasteiger partial charge on any atom is -0.310 e. The van der Waals surface area contributed by atoms with Gasteiger partial charge < -0.3 is 5.32 Å². The Morgan fingerprint density at radius 3 is 2.33 bits per heavy atom. The largest absolute Gasteiger partial charge is 0.310 e. The maximum absolute atomic E-state index is 6.13. The third kappa shape index (κ3) is 4.74. The van der Waals surface area contributed by atoms with Gasteiger partial charge in [0.1, 0.15) is 0 Å². The number of aryl methyl sites for hydroxylation is 2. The Kier molecular flexibility index (Phi) is 6.10. The summed E-state index contributed by atoms with van der Waals surface area (Å²) in [6.07, 6.45) is 2.08. The van der Waals surface area contributed by atoms with E-state index < -0.39 is 0 Å². The minimum absolute atomic E-state index is 0.297. The molecule has 3 heteroatoms. The van der Waals surface area contributed by atoms with Crippen molar-refractivity contribution in [1.82, 2.24) is 5.32 Å². The van der Waals surface area contributed by atoms with Crippen LogP contribution < -0.4 is 5.32 Å². The van der Waals surface area contributed by atoms with Crippen molar-refractivity contribution in [3.8, 4) is 0 Å². The first kappa shape index (κ1) is 16.4. The van der Waals surface area contributed by atoms with Crippen molar-refractivity contribution in [2.75, 3.05) is 6.54 Å². The van der Waals surface area contributed by atoms with Gasteiger partial charge in [-0.15, -0.1) is 0 Å². The Balaban J connectivity index is 2.07. The number of benzene rings is 2. The van der Waals surface area contributed by atoms with Crippen molar-refractivity contribution in [2.24, 2.45) is 0 Å². The van der Waals surface area contributed by atoms with E-state index in [1.165, 1.54) is 16.7 Å². The molecule has 0 spiro atoms. The molecule has 0 bridgehead atoms. The van der Waals surface area contributed by atoms with Crippen molar-refractivity contribution in [2.45, 2.75) is 32.7 Å². The van der Waals surface area contributed by atoms with Crippen molar-refractivity contribution in [3.05, 3.63) is 69.2 Å². The molecule has 0 aliphatic rings. The van der Waals surface area contributed by atoms with Crippen LogP contribution in [0.2, 0.25) is 10.0 Å². The second kappa shape index (κ2) is 7.84. The second-order valence-electron chi connectivity index (χ2n) is 5.31. The Hall–Kier alpha value is -1.02. The monoisotopic (exact) mass is 321 g/mol. The van der Waals surface area contributed by atoms with Crippen LogP contribution >= 0.6 is 23.2 Å². The second-order valence-corrected chi connectivity index (χ2v) is 6.12. The molecule has 1 N–H and O–H groups in total. The van der Waals surface area contributed by atoms with E-state index in [4.69, 9.17) is 23.2 Å². The molecule has 2 rings (SSSR count). The van der Waals surface area contributed by atoms with E-state index in [2.05, 4.69) is 49.5 Å². The van der Waals surface area contributed by atoms with Crippen LogP contribution in [-0.2, 0) is 6.42 Å². The standard InChI is InChI=1S/C18H21Cl2N/c1-3-21-18(15-9-10-16(19)17(20)12-15)11-8-14-6-4-13(2)5-7-14/h4-7,9-10,12,18,21H,3,8,11H2,1-2H3. The summed E-state index contributed by atoms with van der Waals surface area (Å²) < 4.78 is 0. The highest BCUT2D eigenvalue weighted by atomic mass is 35.5. The van der Waals surface area contributed by atoms with Gasteiger partial charge in [-0.05, 0) is 49.6 Å². The van der Waals surface area contributed by atoms with Crippen LogP contribution in [0.25, 0.3) is 0 Å². The van der Waals surface area contributed by atoms with Crippen molar-refractivity contribution < 1.29 is 0 Å². The van der Waals surface area contributed by atoms with Crippen LogP contribution in [0.5, 0.6) is 0 Å². The Labute approximate surface area is 137 Å². The van der Waals surface area contributed by atoms with E-state index in [-0.39, 0.29) is 0 Å². The average Bonchev–Trinajstić information content (AvgIpc) is 2.48. The molecule has 0 saturated carbocycles. The first-order chi connectivity index (χ1) is 10.1. The van der Waals surface area contributed by atoms with Crippen LogP contribution in [-0.4, -0.2) is 6.54 Å². The highest BCUT2D eigenvalue weighted by Crippen LogP contribution is 2.27. The van der Waals surface area contributed by atoms with Gasteiger partial charge in [-0.3, -0.25) is 0 Å². The summed E-state index contributed by atoms with van der Waals surface area (Å²) in [6, 6.07) is 14.9. The molecule has 0 saturated heterocycles. The molecular formula is C18H21Cl2N. The molecule has 0 aliphatic carbocycles. The lowest BCUT2D eigenvalue weighted by Crippen LogP contribution is -2.21. The molecule has 0 aliphatic heterocycles. The Morgan fingerprint density at radius 2 is 1.71 bits per heavy atom. The lowest BCUT2D eigenvalue weighted by molar-refractivity contribution is 0.515. The summed E-state index contributed by atoms with van der Waals surface area (Å²) in [5.74, 6) is 0. The molecular weight excluding hydrogens is 301 g/mol. The molecule has 1 atom stereocenters. The molecule has 112 valence electrons. The summed E-state index contributed by atoms with van der Waals surface area (Å²) >= 11 is 12.1. The van der Waals surface area contributed by atoms with Crippen LogP contribution in [0.15, 0.2) is 42.5 Å². The van der Waals surface area contributed by atoms with Crippen LogP contribution in [0.4, 0.5) is 0 Å². The summed E-state index contributed by atoms with van der Waals surface area (Å²) in [4.78, 5) is 0.